The van der Waals surface area contributed by atoms with Crippen LogP contribution in [0.1, 0.15) is 35.8 Å². The van der Waals surface area contributed by atoms with Crippen LogP contribution in [0.15, 0.2) is 4.79 Å². The third kappa shape index (κ3) is 3.31. The van der Waals surface area contributed by atoms with Crippen LogP contribution in [0.25, 0.3) is 0 Å². The molecule has 7 nitrogen and oxygen atoms in total. The summed E-state index contributed by atoms with van der Waals surface area (Å²) in [6.45, 7) is 3.24. The van der Waals surface area contributed by atoms with Gasteiger partial charge in [0.1, 0.15) is 0 Å². The van der Waals surface area contributed by atoms with E-state index in [0.717, 1.165) is 0 Å². The van der Waals surface area contributed by atoms with Crippen molar-refractivity contribution in [3.63, 3.8) is 0 Å². The lowest BCUT2D eigenvalue weighted by molar-refractivity contribution is -0.136. The van der Waals surface area contributed by atoms with Gasteiger partial charge in [-0.15, -0.1) is 0 Å². The number of hydrogen-bond donors (Lipinski definition) is 1. The SMILES string of the molecule is Cc1nc(=O)n(C2CCCS(=O)(=O)C2)c(C)c1CC(=O)O. The summed E-state index contributed by atoms with van der Waals surface area (Å²) in [6.07, 6.45) is 0.850. The highest BCUT2D eigenvalue weighted by molar-refractivity contribution is 7.91. The second-order valence-corrected chi connectivity index (χ2v) is 7.62. The molecule has 116 valence electrons. The van der Waals surface area contributed by atoms with E-state index in [1.807, 2.05) is 0 Å². The Balaban J connectivity index is 2.53. The number of nitrogens with zero attached hydrogens (tertiary/aromatic N) is 2. The van der Waals surface area contributed by atoms with Crippen LogP contribution in [0.5, 0.6) is 0 Å². The lowest BCUT2D eigenvalue weighted by atomic mass is 10.1. The fourth-order valence-corrected chi connectivity index (χ4v) is 4.53. The molecular weight excluding hydrogens is 296 g/mol. The topological polar surface area (TPSA) is 106 Å². The minimum Gasteiger partial charge on any atom is -0.481 e. The van der Waals surface area contributed by atoms with Gasteiger partial charge in [-0.05, 0) is 26.7 Å². The van der Waals surface area contributed by atoms with Crippen molar-refractivity contribution in [2.75, 3.05) is 11.5 Å². The maximum Gasteiger partial charge on any atom is 0.348 e. The molecule has 1 fully saturated rings. The first-order valence-electron chi connectivity index (χ1n) is 6.72. The Labute approximate surface area is 122 Å². The average molecular weight is 314 g/mol. The standard InChI is InChI=1S/C13H18N2O5S/c1-8-11(6-12(16)17)9(2)15(13(18)14-8)10-4-3-5-21(19,20)7-10/h10H,3-7H2,1-2H3,(H,16,17). The summed E-state index contributed by atoms with van der Waals surface area (Å²) in [5.74, 6) is -0.965. The van der Waals surface area contributed by atoms with Gasteiger partial charge < -0.3 is 5.11 Å². The number of rotatable bonds is 3. The Bertz CT molecular complexity index is 736. The van der Waals surface area contributed by atoms with Crippen LogP contribution >= 0.6 is 0 Å². The highest BCUT2D eigenvalue weighted by Crippen LogP contribution is 2.24. The minimum atomic E-state index is -3.16. The van der Waals surface area contributed by atoms with E-state index in [0.29, 0.717) is 29.8 Å². The zero-order valence-electron chi connectivity index (χ0n) is 12.0. The Morgan fingerprint density at radius 2 is 2.10 bits per heavy atom. The number of aliphatic carboxylic acids is 1. The monoisotopic (exact) mass is 314 g/mol. The third-order valence-electron chi connectivity index (χ3n) is 3.84. The number of carboxylic acid groups (broad SMARTS) is 1. The molecule has 1 aromatic heterocycles. The Kier molecular flexibility index (Phi) is 4.18. The van der Waals surface area contributed by atoms with E-state index in [9.17, 15) is 18.0 Å². The normalized spacial score (nSPS) is 21.1. The van der Waals surface area contributed by atoms with Crippen LogP contribution in [0, 0.1) is 13.8 Å². The van der Waals surface area contributed by atoms with Crippen molar-refractivity contribution in [1.29, 1.82) is 0 Å². The molecule has 21 heavy (non-hydrogen) atoms. The molecule has 0 saturated carbocycles. The van der Waals surface area contributed by atoms with E-state index in [1.54, 1.807) is 13.8 Å². The smallest absolute Gasteiger partial charge is 0.348 e. The zero-order chi connectivity index (χ0) is 15.8. The summed E-state index contributed by atoms with van der Waals surface area (Å²) < 4.78 is 24.9. The molecule has 2 rings (SSSR count). The molecule has 1 saturated heterocycles. The maximum atomic E-state index is 12.1. The summed E-state index contributed by atoms with van der Waals surface area (Å²) in [5.41, 5.74) is 0.845. The molecular formula is C13H18N2O5S. The molecule has 1 unspecified atom stereocenters. The van der Waals surface area contributed by atoms with E-state index < -0.39 is 27.5 Å². The van der Waals surface area contributed by atoms with Gasteiger partial charge in [0.2, 0.25) is 0 Å². The van der Waals surface area contributed by atoms with E-state index in [1.165, 1.54) is 4.57 Å². The number of hydrogen-bond acceptors (Lipinski definition) is 5. The minimum absolute atomic E-state index is 0.0923. The molecule has 0 spiro atoms. The van der Waals surface area contributed by atoms with Gasteiger partial charge in [-0.2, -0.15) is 4.98 Å². The van der Waals surface area contributed by atoms with Gasteiger partial charge in [0.25, 0.3) is 0 Å². The predicted molar refractivity (Wildman–Crippen MR) is 76.2 cm³/mol. The summed E-state index contributed by atoms with van der Waals surface area (Å²) in [6, 6.07) is -0.461. The van der Waals surface area contributed by atoms with Gasteiger partial charge in [-0.25, -0.2) is 13.2 Å². The Hall–Kier alpha value is -1.70. The molecule has 1 N–H and O–H groups in total. The predicted octanol–water partition coefficient (Wildman–Crippen LogP) is 0.237. The van der Waals surface area contributed by atoms with Crippen molar-refractivity contribution < 1.29 is 18.3 Å². The summed E-state index contributed by atoms with van der Waals surface area (Å²) in [7, 11) is -3.16. The van der Waals surface area contributed by atoms with Crippen LogP contribution in [-0.2, 0) is 21.1 Å². The molecule has 0 aromatic carbocycles. The maximum absolute atomic E-state index is 12.1. The van der Waals surface area contributed by atoms with Crippen molar-refractivity contribution in [1.82, 2.24) is 9.55 Å². The second-order valence-electron chi connectivity index (χ2n) is 5.39. The first-order chi connectivity index (χ1) is 9.71. The van der Waals surface area contributed by atoms with Gasteiger partial charge in [-0.3, -0.25) is 9.36 Å². The van der Waals surface area contributed by atoms with E-state index in [-0.39, 0.29) is 17.9 Å². The van der Waals surface area contributed by atoms with Gasteiger partial charge in [0.05, 0.1) is 24.0 Å². The van der Waals surface area contributed by atoms with E-state index >= 15 is 0 Å². The van der Waals surface area contributed by atoms with Crippen LogP contribution in [-0.4, -0.2) is 40.6 Å². The van der Waals surface area contributed by atoms with Crippen molar-refractivity contribution in [3.05, 3.63) is 27.4 Å². The van der Waals surface area contributed by atoms with Crippen molar-refractivity contribution in [2.45, 2.75) is 39.2 Å². The van der Waals surface area contributed by atoms with Gasteiger partial charge in [-0.1, -0.05) is 0 Å². The molecule has 8 heteroatoms. The average Bonchev–Trinajstić information content (AvgIpc) is 2.33. The fraction of sp³-hybridized carbons (Fsp3) is 0.615. The van der Waals surface area contributed by atoms with Gasteiger partial charge >= 0.3 is 11.7 Å². The molecule has 0 radical (unpaired) electrons. The first-order valence-corrected chi connectivity index (χ1v) is 8.54. The number of carboxylic acids is 1. The molecule has 2 heterocycles. The number of aromatic nitrogens is 2. The summed E-state index contributed by atoms with van der Waals surface area (Å²) in [4.78, 5) is 26.9. The van der Waals surface area contributed by atoms with Crippen molar-refractivity contribution >= 4 is 15.8 Å². The highest BCUT2D eigenvalue weighted by atomic mass is 32.2. The Morgan fingerprint density at radius 3 is 2.67 bits per heavy atom. The number of aryl methyl sites for hydroxylation is 1. The van der Waals surface area contributed by atoms with Crippen molar-refractivity contribution in [3.8, 4) is 0 Å². The lowest BCUT2D eigenvalue weighted by Gasteiger charge is -2.26. The van der Waals surface area contributed by atoms with Crippen LogP contribution in [0.3, 0.4) is 0 Å². The quantitative estimate of drug-likeness (QED) is 0.856. The van der Waals surface area contributed by atoms with Crippen LogP contribution < -0.4 is 5.69 Å². The molecule has 0 aliphatic carbocycles. The molecule has 0 amide bonds. The van der Waals surface area contributed by atoms with Crippen molar-refractivity contribution in [2.24, 2.45) is 0 Å². The van der Waals surface area contributed by atoms with Crippen LogP contribution in [0.2, 0.25) is 0 Å². The molecule has 1 atom stereocenters. The fourth-order valence-electron chi connectivity index (χ4n) is 2.85. The second kappa shape index (κ2) is 5.59. The Morgan fingerprint density at radius 1 is 1.43 bits per heavy atom. The summed E-state index contributed by atoms with van der Waals surface area (Å²) >= 11 is 0. The highest BCUT2D eigenvalue weighted by Gasteiger charge is 2.28. The van der Waals surface area contributed by atoms with Crippen LogP contribution in [0.4, 0.5) is 0 Å². The number of sulfone groups is 1. The first kappa shape index (κ1) is 15.7. The lowest BCUT2D eigenvalue weighted by Crippen LogP contribution is -2.37. The molecule has 0 bridgehead atoms. The van der Waals surface area contributed by atoms with Gasteiger partial charge in [0.15, 0.2) is 9.84 Å². The van der Waals surface area contributed by atoms with Gasteiger partial charge in [0, 0.05) is 17.0 Å². The zero-order valence-corrected chi connectivity index (χ0v) is 12.8. The van der Waals surface area contributed by atoms with E-state index in [2.05, 4.69) is 4.98 Å². The molecule has 1 aromatic rings. The largest absolute Gasteiger partial charge is 0.481 e. The third-order valence-corrected chi connectivity index (χ3v) is 5.64. The molecule has 1 aliphatic rings. The summed E-state index contributed by atoms with van der Waals surface area (Å²) in [5, 5.41) is 8.96. The molecule has 1 aliphatic heterocycles. The van der Waals surface area contributed by atoms with E-state index in [4.69, 9.17) is 5.11 Å². The number of carbonyl (C=O) groups is 1.